The van der Waals surface area contributed by atoms with Gasteiger partial charge < -0.3 is 5.73 Å². The van der Waals surface area contributed by atoms with Gasteiger partial charge in [-0.2, -0.15) is 0 Å². The molecule has 0 aliphatic carbocycles. The second-order valence-electron chi connectivity index (χ2n) is 4.77. The van der Waals surface area contributed by atoms with E-state index in [4.69, 9.17) is 5.73 Å². The summed E-state index contributed by atoms with van der Waals surface area (Å²) in [6.07, 6.45) is 1.22. The Balaban J connectivity index is 2.05. The van der Waals surface area contributed by atoms with Gasteiger partial charge in [0.1, 0.15) is 11.6 Å². The lowest BCUT2D eigenvalue weighted by Crippen LogP contribution is -2.15. The van der Waals surface area contributed by atoms with Gasteiger partial charge in [0.2, 0.25) is 0 Å². The van der Waals surface area contributed by atoms with Gasteiger partial charge >= 0.3 is 0 Å². The minimum atomic E-state index is -0.623. The molecule has 0 amide bonds. The van der Waals surface area contributed by atoms with Gasteiger partial charge in [0, 0.05) is 11.6 Å². The Morgan fingerprint density at radius 2 is 1.58 bits per heavy atom. The Kier molecular flexibility index (Phi) is 4.27. The molecule has 100 valence electrons. The smallest absolute Gasteiger partial charge is 0.130 e. The van der Waals surface area contributed by atoms with E-state index in [0.29, 0.717) is 12.8 Å². The molecule has 2 aromatic carbocycles. The largest absolute Gasteiger partial charge is 0.324 e. The van der Waals surface area contributed by atoms with Crippen LogP contribution >= 0.6 is 0 Å². The van der Waals surface area contributed by atoms with Gasteiger partial charge in [0.25, 0.3) is 0 Å². The molecule has 0 radical (unpaired) electrons. The maximum Gasteiger partial charge on any atom is 0.130 e. The maximum atomic E-state index is 13.6. The highest BCUT2D eigenvalue weighted by atomic mass is 19.1. The van der Waals surface area contributed by atoms with Crippen LogP contribution in [0.25, 0.3) is 0 Å². The number of benzene rings is 2. The summed E-state index contributed by atoms with van der Waals surface area (Å²) in [6.45, 7) is 2.02. The van der Waals surface area contributed by atoms with E-state index in [0.717, 1.165) is 5.56 Å². The molecule has 0 heterocycles. The second kappa shape index (κ2) is 5.93. The average Bonchev–Trinajstić information content (AvgIpc) is 2.38. The van der Waals surface area contributed by atoms with E-state index in [9.17, 15) is 8.78 Å². The minimum absolute atomic E-state index is 0.0189. The SMILES string of the molecule is Cc1ccc(CCC(N)c2c(F)cccc2F)cc1. The van der Waals surface area contributed by atoms with Crippen molar-refractivity contribution in [2.24, 2.45) is 5.73 Å². The van der Waals surface area contributed by atoms with Crippen LogP contribution < -0.4 is 5.73 Å². The molecule has 2 aromatic rings. The van der Waals surface area contributed by atoms with E-state index in [1.807, 2.05) is 31.2 Å². The molecule has 3 heteroatoms. The quantitative estimate of drug-likeness (QED) is 0.887. The lowest BCUT2D eigenvalue weighted by Gasteiger charge is -2.14. The first-order chi connectivity index (χ1) is 9.08. The average molecular weight is 261 g/mol. The zero-order valence-electron chi connectivity index (χ0n) is 10.9. The van der Waals surface area contributed by atoms with Gasteiger partial charge in [0.05, 0.1) is 0 Å². The van der Waals surface area contributed by atoms with Gasteiger partial charge in [-0.1, -0.05) is 35.9 Å². The summed E-state index contributed by atoms with van der Waals surface area (Å²) in [5.74, 6) is -1.15. The topological polar surface area (TPSA) is 26.0 Å². The third-order valence-electron chi connectivity index (χ3n) is 3.24. The third-order valence-corrected chi connectivity index (χ3v) is 3.24. The summed E-state index contributed by atoms with van der Waals surface area (Å²) in [5.41, 5.74) is 8.19. The van der Waals surface area contributed by atoms with Crippen molar-refractivity contribution in [3.05, 3.63) is 70.8 Å². The molecule has 1 atom stereocenters. The van der Waals surface area contributed by atoms with Crippen molar-refractivity contribution < 1.29 is 8.78 Å². The molecule has 0 aromatic heterocycles. The van der Waals surface area contributed by atoms with Gasteiger partial charge in [-0.05, 0) is 37.5 Å². The monoisotopic (exact) mass is 261 g/mol. The zero-order valence-corrected chi connectivity index (χ0v) is 10.9. The number of nitrogens with two attached hydrogens (primary N) is 1. The number of aryl methyl sites for hydroxylation is 2. The fourth-order valence-electron chi connectivity index (χ4n) is 2.09. The molecule has 2 N–H and O–H groups in total. The van der Waals surface area contributed by atoms with Crippen LogP contribution in [-0.2, 0) is 6.42 Å². The van der Waals surface area contributed by atoms with Crippen molar-refractivity contribution in [2.45, 2.75) is 25.8 Å². The van der Waals surface area contributed by atoms with Gasteiger partial charge in [-0.25, -0.2) is 8.78 Å². The lowest BCUT2D eigenvalue weighted by molar-refractivity contribution is 0.512. The van der Waals surface area contributed by atoms with Crippen LogP contribution in [0.4, 0.5) is 8.78 Å². The van der Waals surface area contributed by atoms with Crippen LogP contribution in [0.3, 0.4) is 0 Å². The Morgan fingerprint density at radius 3 is 2.16 bits per heavy atom. The van der Waals surface area contributed by atoms with E-state index < -0.39 is 17.7 Å². The fraction of sp³-hybridized carbons (Fsp3) is 0.250. The molecule has 0 aliphatic rings. The molecular formula is C16H17F2N. The van der Waals surface area contributed by atoms with Crippen molar-refractivity contribution in [1.29, 1.82) is 0 Å². The van der Waals surface area contributed by atoms with Crippen molar-refractivity contribution in [1.82, 2.24) is 0 Å². The Labute approximate surface area is 112 Å². The molecule has 0 aliphatic heterocycles. The molecule has 0 saturated heterocycles. The Morgan fingerprint density at radius 1 is 1.00 bits per heavy atom. The van der Waals surface area contributed by atoms with Crippen LogP contribution in [0, 0.1) is 18.6 Å². The fourth-order valence-corrected chi connectivity index (χ4v) is 2.09. The van der Waals surface area contributed by atoms with Crippen molar-refractivity contribution >= 4 is 0 Å². The van der Waals surface area contributed by atoms with Gasteiger partial charge in [-0.3, -0.25) is 0 Å². The van der Waals surface area contributed by atoms with Crippen molar-refractivity contribution in [3.63, 3.8) is 0 Å². The first kappa shape index (κ1) is 13.7. The van der Waals surface area contributed by atoms with Crippen LogP contribution in [0.15, 0.2) is 42.5 Å². The predicted molar refractivity (Wildman–Crippen MR) is 72.8 cm³/mol. The van der Waals surface area contributed by atoms with Gasteiger partial charge in [-0.15, -0.1) is 0 Å². The highest BCUT2D eigenvalue weighted by Gasteiger charge is 2.16. The standard InChI is InChI=1S/C16H17F2N/c1-11-5-7-12(8-6-11)9-10-15(19)16-13(17)3-2-4-14(16)18/h2-8,15H,9-10,19H2,1H3. The minimum Gasteiger partial charge on any atom is -0.324 e. The highest BCUT2D eigenvalue weighted by Crippen LogP contribution is 2.22. The summed E-state index contributed by atoms with van der Waals surface area (Å²) < 4.78 is 27.1. The van der Waals surface area contributed by atoms with Crippen molar-refractivity contribution in [3.8, 4) is 0 Å². The summed E-state index contributed by atoms with van der Waals surface area (Å²) in [7, 11) is 0. The molecule has 0 spiro atoms. The van der Waals surface area contributed by atoms with Crippen LogP contribution in [0.1, 0.15) is 29.2 Å². The summed E-state index contributed by atoms with van der Waals surface area (Å²) in [4.78, 5) is 0. The number of hydrogen-bond acceptors (Lipinski definition) is 1. The first-order valence-electron chi connectivity index (χ1n) is 6.33. The normalized spacial score (nSPS) is 12.4. The lowest BCUT2D eigenvalue weighted by atomic mass is 9.98. The number of halogens is 2. The molecule has 0 saturated carbocycles. The van der Waals surface area contributed by atoms with Crippen LogP contribution in [0.2, 0.25) is 0 Å². The Bertz CT molecular complexity index is 529. The van der Waals surface area contributed by atoms with E-state index >= 15 is 0 Å². The molecule has 1 nitrogen and oxygen atoms in total. The Hall–Kier alpha value is -1.74. The first-order valence-corrected chi connectivity index (χ1v) is 6.33. The van der Waals surface area contributed by atoms with Crippen LogP contribution in [-0.4, -0.2) is 0 Å². The van der Waals surface area contributed by atoms with E-state index in [-0.39, 0.29) is 5.56 Å². The predicted octanol–water partition coefficient (Wildman–Crippen LogP) is 3.91. The third kappa shape index (κ3) is 3.38. The van der Waals surface area contributed by atoms with E-state index in [2.05, 4.69) is 0 Å². The maximum absolute atomic E-state index is 13.6. The summed E-state index contributed by atoms with van der Waals surface area (Å²) in [6, 6.07) is 11.3. The van der Waals surface area contributed by atoms with Crippen LogP contribution in [0.5, 0.6) is 0 Å². The van der Waals surface area contributed by atoms with Crippen molar-refractivity contribution in [2.75, 3.05) is 0 Å². The van der Waals surface area contributed by atoms with E-state index in [1.165, 1.54) is 23.8 Å². The molecule has 1 unspecified atom stereocenters. The van der Waals surface area contributed by atoms with E-state index in [1.54, 1.807) is 0 Å². The number of rotatable bonds is 4. The molecule has 2 rings (SSSR count). The highest BCUT2D eigenvalue weighted by molar-refractivity contribution is 5.25. The summed E-state index contributed by atoms with van der Waals surface area (Å²) >= 11 is 0. The van der Waals surface area contributed by atoms with Gasteiger partial charge in [0.15, 0.2) is 0 Å². The second-order valence-corrected chi connectivity index (χ2v) is 4.77. The zero-order chi connectivity index (χ0) is 13.8. The number of hydrogen-bond donors (Lipinski definition) is 1. The molecule has 0 bridgehead atoms. The molecule has 19 heavy (non-hydrogen) atoms. The molecule has 0 fully saturated rings. The summed E-state index contributed by atoms with van der Waals surface area (Å²) in [5, 5.41) is 0. The molecular weight excluding hydrogens is 244 g/mol.